The quantitative estimate of drug-likeness (QED) is 0.110. The number of alkyl carbamates (subject to hydrolysis) is 1. The summed E-state index contributed by atoms with van der Waals surface area (Å²) in [4.78, 5) is 66.9. The van der Waals surface area contributed by atoms with E-state index in [0.717, 1.165) is 24.4 Å². The summed E-state index contributed by atoms with van der Waals surface area (Å²) in [5, 5.41) is 22.2. The van der Waals surface area contributed by atoms with Gasteiger partial charge in [-0.1, -0.05) is 64.0 Å². The van der Waals surface area contributed by atoms with Gasteiger partial charge in [0.25, 0.3) is 0 Å². The lowest BCUT2D eigenvalue weighted by atomic mass is 9.89. The van der Waals surface area contributed by atoms with Crippen molar-refractivity contribution in [1.29, 1.82) is 0 Å². The van der Waals surface area contributed by atoms with Crippen LogP contribution in [0, 0.1) is 5.41 Å². The van der Waals surface area contributed by atoms with Crippen LogP contribution in [0.25, 0.3) is 22.3 Å². The van der Waals surface area contributed by atoms with Gasteiger partial charge in [-0.2, -0.15) is 4.31 Å². The topological polar surface area (TPSA) is 219 Å². The third-order valence-corrected chi connectivity index (χ3v) is 14.9. The van der Waals surface area contributed by atoms with E-state index in [1.807, 2.05) is 58.2 Å². The number of allylic oxidation sites excluding steroid dienone is 2. The third kappa shape index (κ3) is 11.9. The highest BCUT2D eigenvalue weighted by Crippen LogP contribution is 2.37. The monoisotopic (exact) mass is 959 g/mol. The second kappa shape index (κ2) is 21.0. The van der Waals surface area contributed by atoms with Crippen molar-refractivity contribution in [2.45, 2.75) is 134 Å². The van der Waals surface area contributed by atoms with Gasteiger partial charge in [0.2, 0.25) is 21.8 Å². The zero-order valence-corrected chi connectivity index (χ0v) is 40.5. The molecule has 0 radical (unpaired) electrons. The number of fused-ring (bicyclic) bond motifs is 3. The molecule has 0 aliphatic carbocycles. The number of sulfonamides is 1. The Morgan fingerprint density at radius 3 is 2.51 bits per heavy atom. The number of carboxylic acid groups (broad SMARTS) is 1. The fourth-order valence-corrected chi connectivity index (χ4v) is 11.0. The van der Waals surface area contributed by atoms with E-state index in [2.05, 4.69) is 16.0 Å². The van der Waals surface area contributed by atoms with Crippen molar-refractivity contribution in [2.24, 2.45) is 5.41 Å². The van der Waals surface area contributed by atoms with Crippen LogP contribution in [0.3, 0.4) is 0 Å². The fraction of sp³-hybridized carbons (Fsp3) is 0.500. The Labute approximate surface area is 395 Å². The van der Waals surface area contributed by atoms with Crippen molar-refractivity contribution in [3.8, 4) is 22.9 Å². The van der Waals surface area contributed by atoms with Gasteiger partial charge in [-0.15, -0.1) is 11.3 Å². The van der Waals surface area contributed by atoms with Crippen LogP contribution in [-0.2, 0) is 35.7 Å². The third-order valence-electron chi connectivity index (χ3n) is 12.2. The Hall–Kier alpha value is -5.79. The lowest BCUT2D eigenvalue weighted by Gasteiger charge is -2.34. The summed E-state index contributed by atoms with van der Waals surface area (Å²) < 4.78 is 46.6. The maximum absolute atomic E-state index is 15.0. The number of aromatic nitrogens is 2. The molecule has 3 amide bonds. The first-order chi connectivity index (χ1) is 31.9. The molecule has 5 heterocycles. The Morgan fingerprint density at radius 1 is 1.00 bits per heavy atom. The predicted molar refractivity (Wildman–Crippen MR) is 254 cm³/mol. The Bertz CT molecular complexity index is 2590. The standard InChI is InChI=1S/C48H61N7O10S2/c1-29(2)49-46-52-38(28-66-46)37-24-40(33-21-20-31(63-6)22-36(33)50-37)64-32-23-39-43(56)51-35(45(58)59)18-13-11-9-7-8-10-12-17-34(44(57)55(39)26-32)53-47(60)65-42(48(3,4)5)27-54-25-30-16-14-15-19-41(30)67(54,61)62/h9,11,14-16,19-22,24,28-29,32,34-35,39,42H,7-8,10,12-13,17-18,23,25-27H2,1-6H3,(H,49,52)(H,51,56)(H,53,60)(H,58,59)/b11-9-/t32-,34+,35+,39+,42?/m1/s1. The van der Waals surface area contributed by atoms with E-state index in [1.54, 1.807) is 49.6 Å². The fourth-order valence-electron chi connectivity index (χ4n) is 8.50. The van der Waals surface area contributed by atoms with Crippen molar-refractivity contribution >= 4 is 61.3 Å². The lowest BCUT2D eigenvalue weighted by molar-refractivity contribution is -0.144. The van der Waals surface area contributed by atoms with Crippen LogP contribution >= 0.6 is 11.3 Å². The van der Waals surface area contributed by atoms with Crippen LogP contribution < -0.4 is 25.4 Å². The number of methoxy groups -OCH3 is 1. The first-order valence-electron chi connectivity index (χ1n) is 22.8. The number of benzene rings is 2. The van der Waals surface area contributed by atoms with E-state index >= 15 is 0 Å². The molecule has 5 atom stereocenters. The molecule has 17 nitrogen and oxygen atoms in total. The Balaban J connectivity index is 1.18. The lowest BCUT2D eigenvalue weighted by Crippen LogP contribution is -2.56. The second-order valence-corrected chi connectivity index (χ2v) is 21.4. The molecule has 7 rings (SSSR count). The van der Waals surface area contributed by atoms with Crippen molar-refractivity contribution < 1.29 is 46.9 Å². The largest absolute Gasteiger partial charge is 0.497 e. The van der Waals surface area contributed by atoms with Crippen LogP contribution in [0.15, 0.2) is 71.0 Å². The first kappa shape index (κ1) is 49.1. The van der Waals surface area contributed by atoms with Crippen molar-refractivity contribution in [2.75, 3.05) is 25.5 Å². The summed E-state index contributed by atoms with van der Waals surface area (Å²) in [5.41, 5.74) is 1.65. The zero-order valence-electron chi connectivity index (χ0n) is 38.8. The Kier molecular flexibility index (Phi) is 15.4. The maximum atomic E-state index is 15.0. The zero-order chi connectivity index (χ0) is 48.0. The molecule has 1 fully saturated rings. The Morgan fingerprint density at radius 2 is 1.78 bits per heavy atom. The molecule has 4 N–H and O–H groups in total. The summed E-state index contributed by atoms with van der Waals surface area (Å²) in [6, 6.07) is 10.5. The van der Waals surface area contributed by atoms with Gasteiger partial charge in [0.05, 0.1) is 36.3 Å². The summed E-state index contributed by atoms with van der Waals surface area (Å²) in [6.45, 7) is 9.51. The number of hydrogen-bond donors (Lipinski definition) is 4. The number of rotatable bonds is 11. The van der Waals surface area contributed by atoms with Gasteiger partial charge < -0.3 is 40.2 Å². The average molecular weight is 960 g/mol. The molecule has 3 aliphatic rings. The van der Waals surface area contributed by atoms with Gasteiger partial charge in [-0.3, -0.25) is 9.59 Å². The van der Waals surface area contributed by atoms with Gasteiger partial charge in [0.1, 0.15) is 47.5 Å². The van der Waals surface area contributed by atoms with Crippen LogP contribution in [0.5, 0.6) is 11.5 Å². The molecule has 0 saturated carbocycles. The number of anilines is 1. The molecule has 2 aromatic carbocycles. The van der Waals surface area contributed by atoms with Gasteiger partial charge >= 0.3 is 12.1 Å². The van der Waals surface area contributed by atoms with E-state index in [-0.39, 0.29) is 49.8 Å². The van der Waals surface area contributed by atoms with Crippen LogP contribution in [0.4, 0.5) is 9.93 Å². The number of nitrogens with zero attached hydrogens (tertiary/aromatic N) is 4. The number of carbonyl (C=O) groups excluding carboxylic acids is 3. The van der Waals surface area contributed by atoms with Gasteiger partial charge in [-0.25, -0.2) is 28.0 Å². The number of carbonyl (C=O) groups is 4. The molecule has 0 bridgehead atoms. The highest BCUT2D eigenvalue weighted by Gasteiger charge is 2.45. The number of aliphatic carboxylic acids is 1. The summed E-state index contributed by atoms with van der Waals surface area (Å²) in [7, 11) is -2.28. The van der Waals surface area contributed by atoms with Crippen molar-refractivity contribution in [3.05, 3.63) is 71.6 Å². The first-order valence-corrected chi connectivity index (χ1v) is 25.1. The maximum Gasteiger partial charge on any atom is 0.408 e. The molecule has 67 heavy (non-hydrogen) atoms. The van der Waals surface area contributed by atoms with Crippen LogP contribution in [0.1, 0.15) is 91.5 Å². The summed E-state index contributed by atoms with van der Waals surface area (Å²) in [6.07, 6.45) is 4.94. The smallest absolute Gasteiger partial charge is 0.408 e. The molecular weight excluding hydrogens is 899 g/mol. The molecule has 3 aliphatic heterocycles. The van der Waals surface area contributed by atoms with Crippen molar-refractivity contribution in [1.82, 2.24) is 29.8 Å². The minimum Gasteiger partial charge on any atom is -0.497 e. The van der Waals surface area contributed by atoms with E-state index in [1.165, 1.54) is 20.5 Å². The molecule has 19 heteroatoms. The average Bonchev–Trinajstić information content (AvgIpc) is 3.99. The minimum atomic E-state index is -3.84. The molecular formula is C48H61N7O10S2. The second-order valence-electron chi connectivity index (χ2n) is 18.7. The highest BCUT2D eigenvalue weighted by molar-refractivity contribution is 7.89. The van der Waals surface area contributed by atoms with E-state index in [0.29, 0.717) is 52.2 Å². The minimum absolute atomic E-state index is 0.00817. The number of pyridine rings is 1. The number of hydrogen-bond acceptors (Lipinski definition) is 13. The molecule has 1 unspecified atom stereocenters. The summed E-state index contributed by atoms with van der Waals surface area (Å²) in [5.74, 6) is -1.43. The number of nitrogens with one attached hydrogen (secondary N) is 3. The van der Waals surface area contributed by atoms with Gasteiger partial charge in [-0.05, 0) is 69.7 Å². The van der Waals surface area contributed by atoms with Gasteiger partial charge in [0.15, 0.2) is 5.13 Å². The van der Waals surface area contributed by atoms with Crippen molar-refractivity contribution in [3.63, 3.8) is 0 Å². The number of thiazole rings is 1. The molecule has 0 spiro atoms. The molecule has 2 aromatic heterocycles. The van der Waals surface area contributed by atoms with Crippen LogP contribution in [0.2, 0.25) is 0 Å². The predicted octanol–water partition coefficient (Wildman–Crippen LogP) is 7.12. The van der Waals surface area contributed by atoms with E-state index in [9.17, 15) is 32.7 Å². The van der Waals surface area contributed by atoms with Crippen LogP contribution in [-0.4, -0.2) is 113 Å². The summed E-state index contributed by atoms with van der Waals surface area (Å²) >= 11 is 1.44. The van der Waals surface area contributed by atoms with E-state index in [4.69, 9.17) is 24.2 Å². The molecule has 360 valence electrons. The SMILES string of the molecule is COc1ccc2c(O[C@@H]3C[C@H]4C(=O)N[C@H](C(=O)O)CC/C=C\CCCCC[C@H](NC(=O)OC(CN5Cc6ccccc6S5(=O)=O)C(C)(C)C)C(=O)N4C3)cc(-c3csc(NC(C)C)n3)nc2c1. The van der Waals surface area contributed by atoms with Gasteiger partial charge in [0, 0.05) is 47.3 Å². The molecule has 1 saturated heterocycles. The number of amides is 3. The molecule has 4 aromatic rings. The van der Waals surface area contributed by atoms with E-state index < -0.39 is 69.6 Å². The highest BCUT2D eigenvalue weighted by atomic mass is 32.2. The number of carboxylic acids is 1. The number of ether oxygens (including phenoxy) is 3. The normalized spacial score (nSPS) is 22.6.